The lowest BCUT2D eigenvalue weighted by Gasteiger charge is -2.36. The molecular weight excluding hydrogens is 385 g/mol. The normalized spacial score (nSPS) is 23.1. The van der Waals surface area contributed by atoms with Crippen LogP contribution in [0.3, 0.4) is 0 Å². The van der Waals surface area contributed by atoms with Crippen molar-refractivity contribution in [1.29, 1.82) is 0 Å². The summed E-state index contributed by atoms with van der Waals surface area (Å²) in [7, 11) is -3.70. The predicted molar refractivity (Wildman–Crippen MR) is 105 cm³/mol. The fourth-order valence-electron chi connectivity index (χ4n) is 3.85. The molecule has 1 aliphatic rings. The van der Waals surface area contributed by atoms with E-state index in [2.05, 4.69) is 17.7 Å². The Bertz CT molecular complexity index is 817. The van der Waals surface area contributed by atoms with Crippen LogP contribution in [0.15, 0.2) is 46.7 Å². The van der Waals surface area contributed by atoms with E-state index in [1.807, 2.05) is 18.4 Å². The Balaban J connectivity index is 1.79. The first kappa shape index (κ1) is 20.4. The van der Waals surface area contributed by atoms with Gasteiger partial charge in [-0.1, -0.05) is 6.07 Å². The molecule has 3 rings (SSSR count). The zero-order chi connectivity index (χ0) is 19.4. The zero-order valence-corrected chi connectivity index (χ0v) is 17.4. The van der Waals surface area contributed by atoms with Crippen molar-refractivity contribution >= 4 is 21.4 Å². The molecule has 1 saturated heterocycles. The first-order chi connectivity index (χ1) is 12.9. The third-order valence-electron chi connectivity index (χ3n) is 5.35. The van der Waals surface area contributed by atoms with Crippen molar-refractivity contribution in [2.75, 3.05) is 32.7 Å². The molecule has 0 radical (unpaired) electrons. The number of benzene rings is 1. The Kier molecular flexibility index (Phi) is 6.65. The van der Waals surface area contributed by atoms with Crippen molar-refractivity contribution < 1.29 is 22.6 Å². The van der Waals surface area contributed by atoms with E-state index in [-0.39, 0.29) is 17.0 Å². The molecule has 0 unspecified atom stereocenters. The van der Waals surface area contributed by atoms with Crippen molar-refractivity contribution in [1.82, 2.24) is 4.72 Å². The van der Waals surface area contributed by atoms with Crippen molar-refractivity contribution in [2.45, 2.75) is 30.8 Å². The predicted octanol–water partition coefficient (Wildman–Crippen LogP) is 0.0986. The Morgan fingerprint density at radius 1 is 1.15 bits per heavy atom. The number of piperazine rings is 1. The summed E-state index contributed by atoms with van der Waals surface area (Å²) >= 11 is 1.67. The topological polar surface area (TPSA) is 55.1 Å². The van der Waals surface area contributed by atoms with Crippen molar-refractivity contribution in [2.24, 2.45) is 0 Å². The lowest BCUT2D eigenvalue weighted by molar-refractivity contribution is -1.03. The van der Waals surface area contributed by atoms with E-state index in [0.717, 1.165) is 32.7 Å². The Labute approximate surface area is 164 Å². The maximum absolute atomic E-state index is 13.1. The molecule has 0 saturated carbocycles. The summed E-state index contributed by atoms with van der Waals surface area (Å²) in [5.41, 5.74) is 0. The lowest BCUT2D eigenvalue weighted by Crippen LogP contribution is -3.28. The van der Waals surface area contributed by atoms with Crippen LogP contribution in [-0.4, -0.2) is 47.2 Å². The number of sulfonamides is 1. The van der Waals surface area contributed by atoms with Crippen LogP contribution in [0.5, 0.6) is 0 Å². The van der Waals surface area contributed by atoms with E-state index in [1.54, 1.807) is 16.2 Å². The quantitative estimate of drug-likeness (QED) is 0.603. The molecule has 0 spiro atoms. The highest BCUT2D eigenvalue weighted by molar-refractivity contribution is 7.89. The molecule has 148 valence electrons. The molecule has 1 fully saturated rings. The second-order valence-corrected chi connectivity index (χ2v) is 9.81. The van der Waals surface area contributed by atoms with Crippen molar-refractivity contribution in [3.05, 3.63) is 52.5 Å². The molecule has 0 amide bonds. The van der Waals surface area contributed by atoms with Crippen molar-refractivity contribution in [3.63, 3.8) is 0 Å². The average molecular weight is 414 g/mol. The van der Waals surface area contributed by atoms with E-state index in [4.69, 9.17) is 0 Å². The minimum absolute atomic E-state index is 0.0682. The highest BCUT2D eigenvalue weighted by Crippen LogP contribution is 2.21. The van der Waals surface area contributed by atoms with Crippen LogP contribution in [0.1, 0.15) is 24.8 Å². The van der Waals surface area contributed by atoms with Gasteiger partial charge in [-0.15, -0.1) is 11.3 Å². The van der Waals surface area contributed by atoms with Gasteiger partial charge >= 0.3 is 0 Å². The summed E-state index contributed by atoms with van der Waals surface area (Å²) in [5.74, 6) is -0.445. The standard InChI is InChI=1S/C19H26FN3O2S2/c1-3-22-10-12-23(13-11-22)19(18-5-4-14-26-18)15(2)21-27(24,25)17-8-6-16(20)7-9-17/h4-9,14-15,19,21H,3,10-13H2,1-2H3/p+2/t15-,19-/m1/s1. The highest BCUT2D eigenvalue weighted by atomic mass is 32.2. The van der Waals surface area contributed by atoms with Gasteiger partial charge in [-0.25, -0.2) is 17.5 Å². The smallest absolute Gasteiger partial charge is 0.241 e. The SMILES string of the molecule is CC[NH+]1CC[NH+]([C@@H](c2cccs2)[C@@H](C)NS(=O)(=O)c2ccc(F)cc2)CC1. The number of quaternary nitrogens is 2. The molecule has 8 heteroatoms. The van der Waals surface area contributed by atoms with E-state index in [9.17, 15) is 12.8 Å². The number of hydrogen-bond donors (Lipinski definition) is 3. The second-order valence-electron chi connectivity index (χ2n) is 7.12. The van der Waals surface area contributed by atoms with Gasteiger partial charge in [-0.05, 0) is 49.6 Å². The zero-order valence-electron chi connectivity index (χ0n) is 15.7. The Hall–Kier alpha value is -1.32. The Morgan fingerprint density at radius 2 is 1.81 bits per heavy atom. The van der Waals surface area contributed by atoms with Crippen LogP contribution >= 0.6 is 11.3 Å². The van der Waals surface area contributed by atoms with Crippen LogP contribution in [0.2, 0.25) is 0 Å². The molecule has 0 bridgehead atoms. The summed E-state index contributed by atoms with van der Waals surface area (Å²) < 4.78 is 41.5. The van der Waals surface area contributed by atoms with E-state index < -0.39 is 15.8 Å². The summed E-state index contributed by atoms with van der Waals surface area (Å²) in [5, 5.41) is 2.04. The van der Waals surface area contributed by atoms with Gasteiger partial charge in [0.05, 0.1) is 22.4 Å². The minimum atomic E-state index is -3.70. The van der Waals surface area contributed by atoms with Gasteiger partial charge in [0, 0.05) is 0 Å². The average Bonchev–Trinajstić information content (AvgIpc) is 3.16. The molecular formula is C19H28FN3O2S2+2. The summed E-state index contributed by atoms with van der Waals surface area (Å²) in [6.45, 7) is 9.51. The minimum Gasteiger partial charge on any atom is -0.326 e. The molecule has 27 heavy (non-hydrogen) atoms. The van der Waals surface area contributed by atoms with E-state index in [0.29, 0.717) is 0 Å². The number of likely N-dealkylation sites (N-methyl/N-ethyl adjacent to an activating group) is 1. The van der Waals surface area contributed by atoms with E-state index in [1.165, 1.54) is 34.0 Å². The molecule has 2 atom stereocenters. The third kappa shape index (κ3) is 4.94. The van der Waals surface area contributed by atoms with Gasteiger partial charge in [-0.2, -0.15) is 0 Å². The lowest BCUT2D eigenvalue weighted by atomic mass is 10.1. The first-order valence-corrected chi connectivity index (χ1v) is 11.8. The number of rotatable bonds is 7. The largest absolute Gasteiger partial charge is 0.326 e. The summed E-state index contributed by atoms with van der Waals surface area (Å²) in [6, 6.07) is 8.87. The second kappa shape index (κ2) is 8.79. The molecule has 1 aromatic heterocycles. The molecule has 0 aliphatic carbocycles. The molecule has 2 heterocycles. The molecule has 2 aromatic rings. The number of thiophene rings is 1. The molecule has 1 aromatic carbocycles. The van der Waals surface area contributed by atoms with Gasteiger partial charge in [0.25, 0.3) is 0 Å². The van der Waals surface area contributed by atoms with Crippen LogP contribution in [0.25, 0.3) is 0 Å². The number of hydrogen-bond acceptors (Lipinski definition) is 3. The maximum atomic E-state index is 13.1. The Morgan fingerprint density at radius 3 is 2.37 bits per heavy atom. The van der Waals surface area contributed by atoms with Crippen LogP contribution in [0.4, 0.5) is 4.39 Å². The third-order valence-corrected chi connectivity index (χ3v) is 7.88. The molecule has 1 aliphatic heterocycles. The first-order valence-electron chi connectivity index (χ1n) is 9.40. The van der Waals surface area contributed by atoms with Crippen LogP contribution < -0.4 is 14.5 Å². The fourth-order valence-corrected chi connectivity index (χ4v) is 6.10. The van der Waals surface area contributed by atoms with Gasteiger partial charge in [-0.3, -0.25) is 0 Å². The molecule has 3 N–H and O–H groups in total. The van der Waals surface area contributed by atoms with Gasteiger partial charge in [0.1, 0.15) is 38.0 Å². The highest BCUT2D eigenvalue weighted by Gasteiger charge is 2.36. The number of nitrogens with one attached hydrogen (secondary N) is 3. The maximum Gasteiger partial charge on any atom is 0.241 e. The molecule has 5 nitrogen and oxygen atoms in total. The summed E-state index contributed by atoms with van der Waals surface area (Å²) in [4.78, 5) is 4.31. The van der Waals surface area contributed by atoms with Gasteiger partial charge < -0.3 is 9.80 Å². The number of halogens is 1. The van der Waals surface area contributed by atoms with Crippen LogP contribution in [-0.2, 0) is 10.0 Å². The van der Waals surface area contributed by atoms with Crippen LogP contribution in [0, 0.1) is 5.82 Å². The van der Waals surface area contributed by atoms with Crippen molar-refractivity contribution in [3.8, 4) is 0 Å². The monoisotopic (exact) mass is 413 g/mol. The van der Waals surface area contributed by atoms with E-state index >= 15 is 0 Å². The fraction of sp³-hybridized carbons (Fsp3) is 0.474. The summed E-state index contributed by atoms with van der Waals surface area (Å²) in [6.07, 6.45) is 0. The van der Waals surface area contributed by atoms with Gasteiger partial charge in [0.2, 0.25) is 10.0 Å². The van der Waals surface area contributed by atoms with Gasteiger partial charge in [0.15, 0.2) is 0 Å².